The van der Waals surface area contributed by atoms with E-state index in [-0.39, 0.29) is 15.8 Å². The van der Waals surface area contributed by atoms with Gasteiger partial charge in [-0.2, -0.15) is 0 Å². The molecule has 0 saturated heterocycles. The van der Waals surface area contributed by atoms with Gasteiger partial charge in [-0.05, 0) is 68.6 Å². The van der Waals surface area contributed by atoms with E-state index >= 15 is 0 Å². The van der Waals surface area contributed by atoms with Gasteiger partial charge in [-0.1, -0.05) is 35.2 Å². The molecule has 22 heavy (non-hydrogen) atoms. The zero-order valence-electron chi connectivity index (χ0n) is 13.3. The summed E-state index contributed by atoms with van der Waals surface area (Å²) >= 11 is 4.01. The van der Waals surface area contributed by atoms with E-state index in [1.807, 2.05) is 0 Å². The highest BCUT2D eigenvalue weighted by Crippen LogP contribution is 2.65. The molecule has 0 spiro atoms. The Bertz CT molecular complexity index is 446. The van der Waals surface area contributed by atoms with Gasteiger partial charge in [0.15, 0.2) is 0 Å². The maximum absolute atomic E-state index is 12.1. The van der Waals surface area contributed by atoms with Crippen LogP contribution in [0.2, 0.25) is 0 Å². The molecule has 5 aliphatic carbocycles. The summed E-state index contributed by atoms with van der Waals surface area (Å²) in [5.41, 5.74) is -0.00311. The highest BCUT2D eigenvalue weighted by Gasteiger charge is 2.60. The number of hydrogen-bond acceptors (Lipinski definition) is 2. The van der Waals surface area contributed by atoms with Gasteiger partial charge in [0.1, 0.15) is 6.04 Å². The first kappa shape index (κ1) is 15.4. The quantitative estimate of drug-likeness (QED) is 0.733. The molecule has 3 unspecified atom stereocenters. The van der Waals surface area contributed by atoms with Crippen LogP contribution in [0.5, 0.6) is 0 Å². The molecule has 5 aliphatic rings. The maximum atomic E-state index is 12.1. The fourth-order valence-electron chi connectivity index (χ4n) is 6.57. The molecule has 0 aromatic rings. The van der Waals surface area contributed by atoms with Crippen molar-refractivity contribution in [1.82, 2.24) is 5.32 Å². The fraction of sp³-hybridized carbons (Fsp3) is 0.944. The van der Waals surface area contributed by atoms with E-state index < -0.39 is 5.97 Å². The number of rotatable bonds is 4. The van der Waals surface area contributed by atoms with Crippen molar-refractivity contribution in [2.24, 2.45) is 17.3 Å². The molecule has 0 aromatic carbocycles. The van der Waals surface area contributed by atoms with Crippen molar-refractivity contribution in [3.63, 3.8) is 0 Å². The molecule has 5 saturated carbocycles. The van der Waals surface area contributed by atoms with Crippen molar-refractivity contribution in [1.29, 1.82) is 0 Å². The second-order valence-electron chi connectivity index (χ2n) is 8.75. The lowest BCUT2D eigenvalue weighted by Crippen LogP contribution is -2.63. The van der Waals surface area contributed by atoms with Crippen molar-refractivity contribution in [3.8, 4) is 0 Å². The van der Waals surface area contributed by atoms with Gasteiger partial charge in [-0.15, -0.1) is 0 Å². The predicted octanol–water partition coefficient (Wildman–Crippen LogP) is 4.10. The van der Waals surface area contributed by atoms with Crippen molar-refractivity contribution >= 4 is 21.9 Å². The van der Waals surface area contributed by atoms with Crippen LogP contribution >= 0.6 is 15.9 Å². The minimum absolute atomic E-state index is 0.00311. The average Bonchev–Trinajstić information content (AvgIpc) is 2.42. The summed E-state index contributed by atoms with van der Waals surface area (Å²) in [4.78, 5) is 12.1. The Kier molecular flexibility index (Phi) is 3.84. The van der Waals surface area contributed by atoms with E-state index in [9.17, 15) is 9.90 Å². The van der Waals surface area contributed by atoms with E-state index in [2.05, 4.69) is 21.2 Å². The molecule has 0 aromatic heterocycles. The first-order chi connectivity index (χ1) is 10.5. The van der Waals surface area contributed by atoms with Crippen LogP contribution in [0, 0.1) is 17.3 Å². The third-order valence-corrected chi connectivity index (χ3v) is 7.83. The largest absolute Gasteiger partial charge is 0.480 e. The van der Waals surface area contributed by atoms with Crippen LogP contribution in [0.15, 0.2) is 0 Å². The van der Waals surface area contributed by atoms with Crippen molar-refractivity contribution in [2.75, 3.05) is 0 Å². The van der Waals surface area contributed by atoms with Gasteiger partial charge >= 0.3 is 5.97 Å². The Labute approximate surface area is 141 Å². The van der Waals surface area contributed by atoms with Gasteiger partial charge in [-0.3, -0.25) is 4.79 Å². The molecule has 0 heterocycles. The number of hydrogen-bond donors (Lipinski definition) is 2. The maximum Gasteiger partial charge on any atom is 0.321 e. The van der Waals surface area contributed by atoms with Gasteiger partial charge in [0, 0.05) is 10.4 Å². The second kappa shape index (κ2) is 5.47. The van der Waals surface area contributed by atoms with E-state index in [0.29, 0.717) is 6.04 Å². The van der Waals surface area contributed by atoms with Crippen LogP contribution in [-0.4, -0.2) is 27.5 Å². The number of halogens is 1. The number of aliphatic carboxylic acids is 1. The van der Waals surface area contributed by atoms with Gasteiger partial charge in [-0.25, -0.2) is 0 Å². The normalized spacial score (nSPS) is 45.9. The summed E-state index contributed by atoms with van der Waals surface area (Å²) in [7, 11) is 0. The standard InChI is InChI=1S/C18H28BrNO2/c19-18-9-12-6-13(10-18)8-17(7-12,11-18)15(16(21)22)20-14-4-2-1-3-5-14/h12-15,20H,1-11H2,(H,21,22). The highest BCUT2D eigenvalue weighted by atomic mass is 79.9. The van der Waals surface area contributed by atoms with E-state index in [1.165, 1.54) is 38.5 Å². The van der Waals surface area contributed by atoms with Crippen LogP contribution in [0.3, 0.4) is 0 Å². The Balaban J connectivity index is 1.57. The van der Waals surface area contributed by atoms with Gasteiger partial charge in [0.2, 0.25) is 0 Å². The average molecular weight is 370 g/mol. The number of carbonyl (C=O) groups is 1. The molecule has 4 bridgehead atoms. The third kappa shape index (κ3) is 2.64. The van der Waals surface area contributed by atoms with Crippen LogP contribution in [0.4, 0.5) is 0 Å². The Morgan fingerprint density at radius 2 is 1.73 bits per heavy atom. The number of carboxylic acid groups (broad SMARTS) is 1. The monoisotopic (exact) mass is 369 g/mol. The first-order valence-electron chi connectivity index (χ1n) is 9.16. The van der Waals surface area contributed by atoms with Gasteiger partial charge < -0.3 is 10.4 Å². The summed E-state index contributed by atoms with van der Waals surface area (Å²) in [5.74, 6) is 0.884. The summed E-state index contributed by atoms with van der Waals surface area (Å²) < 4.78 is 0.235. The summed E-state index contributed by atoms with van der Waals surface area (Å²) in [6.45, 7) is 0. The SMILES string of the molecule is O=C(O)C(NC1CCCCC1)C12CC3CC(CC(Br)(C3)C1)C2. The number of alkyl halides is 1. The zero-order chi connectivity index (χ0) is 15.4. The van der Waals surface area contributed by atoms with Crippen molar-refractivity contribution < 1.29 is 9.90 Å². The Morgan fingerprint density at radius 1 is 1.09 bits per heavy atom. The lowest BCUT2D eigenvalue weighted by atomic mass is 9.47. The smallest absolute Gasteiger partial charge is 0.321 e. The minimum Gasteiger partial charge on any atom is -0.480 e. The topological polar surface area (TPSA) is 49.3 Å². The van der Waals surface area contributed by atoms with Crippen LogP contribution in [-0.2, 0) is 4.79 Å². The zero-order valence-corrected chi connectivity index (χ0v) is 14.9. The van der Waals surface area contributed by atoms with Gasteiger partial charge in [0.25, 0.3) is 0 Å². The van der Waals surface area contributed by atoms with Crippen LogP contribution in [0.1, 0.15) is 70.6 Å². The fourth-order valence-corrected chi connectivity index (χ4v) is 8.05. The number of carboxylic acids is 1. The van der Waals surface area contributed by atoms with E-state index in [0.717, 1.165) is 43.9 Å². The molecular weight excluding hydrogens is 342 g/mol. The first-order valence-corrected chi connectivity index (χ1v) is 9.95. The lowest BCUT2D eigenvalue weighted by molar-refractivity contribution is -0.150. The number of nitrogens with one attached hydrogen (secondary N) is 1. The molecule has 0 amide bonds. The van der Waals surface area contributed by atoms with E-state index in [1.54, 1.807) is 0 Å². The van der Waals surface area contributed by atoms with Crippen molar-refractivity contribution in [2.45, 2.75) is 87.0 Å². The molecular formula is C18H28BrNO2. The molecule has 124 valence electrons. The van der Waals surface area contributed by atoms with E-state index in [4.69, 9.17) is 0 Å². The van der Waals surface area contributed by atoms with Gasteiger partial charge in [0.05, 0.1) is 0 Å². The molecule has 3 nitrogen and oxygen atoms in total. The van der Waals surface area contributed by atoms with Crippen LogP contribution < -0.4 is 5.32 Å². The Morgan fingerprint density at radius 3 is 2.27 bits per heavy atom. The molecule has 0 radical (unpaired) electrons. The summed E-state index contributed by atoms with van der Waals surface area (Å²) in [5, 5.41) is 13.6. The molecule has 0 aliphatic heterocycles. The lowest BCUT2D eigenvalue weighted by Gasteiger charge is -2.62. The molecule has 4 heteroatoms. The minimum atomic E-state index is -0.608. The second-order valence-corrected chi connectivity index (χ2v) is 10.4. The predicted molar refractivity (Wildman–Crippen MR) is 90.2 cm³/mol. The van der Waals surface area contributed by atoms with Crippen molar-refractivity contribution in [3.05, 3.63) is 0 Å². The molecule has 5 rings (SSSR count). The summed E-state index contributed by atoms with van der Waals surface area (Å²) in [6.07, 6.45) is 13.3. The Hall–Kier alpha value is -0.0900. The molecule has 2 N–H and O–H groups in total. The molecule has 3 atom stereocenters. The molecule has 5 fully saturated rings. The summed E-state index contributed by atoms with van der Waals surface area (Å²) in [6, 6.07) is 0.0903. The highest BCUT2D eigenvalue weighted by molar-refractivity contribution is 9.10. The van der Waals surface area contributed by atoms with Crippen LogP contribution in [0.25, 0.3) is 0 Å². The third-order valence-electron chi connectivity index (χ3n) is 6.90.